The zero-order chi connectivity index (χ0) is 15.5. The Balaban J connectivity index is 3.04. The van der Waals surface area contributed by atoms with Crippen LogP contribution in [0.15, 0.2) is 23.1 Å². The summed E-state index contributed by atoms with van der Waals surface area (Å²) in [5.41, 5.74) is 0.949. The van der Waals surface area contributed by atoms with Crippen molar-refractivity contribution in [3.8, 4) is 6.07 Å². The molecule has 0 fully saturated rings. The fourth-order valence-electron chi connectivity index (χ4n) is 1.56. The van der Waals surface area contributed by atoms with Crippen molar-refractivity contribution in [1.29, 1.82) is 5.26 Å². The van der Waals surface area contributed by atoms with Crippen molar-refractivity contribution in [2.45, 2.75) is 31.7 Å². The largest absolute Gasteiger partial charge is 0.481 e. The van der Waals surface area contributed by atoms with Gasteiger partial charge in [0.1, 0.15) is 0 Å². The van der Waals surface area contributed by atoms with Crippen LogP contribution in [0, 0.1) is 24.2 Å². The molecule has 108 valence electrons. The third-order valence-electron chi connectivity index (χ3n) is 3.11. The average molecular weight is 296 g/mol. The van der Waals surface area contributed by atoms with Crippen LogP contribution in [0.1, 0.15) is 25.0 Å². The molecule has 0 aliphatic rings. The van der Waals surface area contributed by atoms with Gasteiger partial charge in [-0.15, -0.1) is 0 Å². The van der Waals surface area contributed by atoms with E-state index in [0.29, 0.717) is 11.1 Å². The number of aliphatic carboxylic acids is 1. The van der Waals surface area contributed by atoms with Gasteiger partial charge >= 0.3 is 5.97 Å². The molecule has 2 atom stereocenters. The Morgan fingerprint density at radius 3 is 2.45 bits per heavy atom. The summed E-state index contributed by atoms with van der Waals surface area (Å²) in [7, 11) is -3.81. The molecule has 0 heterocycles. The molecule has 7 heteroatoms. The van der Waals surface area contributed by atoms with Gasteiger partial charge < -0.3 is 5.11 Å². The zero-order valence-corrected chi connectivity index (χ0v) is 12.2. The topological polar surface area (TPSA) is 107 Å². The highest BCUT2D eigenvalue weighted by Gasteiger charge is 2.25. The standard InChI is InChI=1S/C13H16N2O4S/c1-8-6-12(5-4-11(8)7-14)20(18,19)15-10(3)9(2)13(16)17/h4-6,9-10,15H,1-3H3,(H,16,17). The van der Waals surface area contributed by atoms with E-state index in [2.05, 4.69) is 4.72 Å². The van der Waals surface area contributed by atoms with E-state index >= 15 is 0 Å². The minimum Gasteiger partial charge on any atom is -0.481 e. The normalized spacial score (nSPS) is 14.3. The molecule has 0 aliphatic carbocycles. The second-order valence-corrected chi connectivity index (χ2v) is 6.34. The number of carbonyl (C=O) groups is 1. The fraction of sp³-hybridized carbons (Fsp3) is 0.385. The lowest BCUT2D eigenvalue weighted by atomic mass is 10.1. The van der Waals surface area contributed by atoms with Gasteiger partial charge in [-0.3, -0.25) is 4.79 Å². The second kappa shape index (κ2) is 6.03. The number of sulfonamides is 1. The van der Waals surface area contributed by atoms with Gasteiger partial charge in [-0.1, -0.05) is 6.92 Å². The van der Waals surface area contributed by atoms with Gasteiger partial charge in [-0.25, -0.2) is 13.1 Å². The maximum Gasteiger partial charge on any atom is 0.307 e. The molecule has 0 radical (unpaired) electrons. The fourth-order valence-corrected chi connectivity index (χ4v) is 2.97. The van der Waals surface area contributed by atoms with Crippen LogP contribution in [0.3, 0.4) is 0 Å². The van der Waals surface area contributed by atoms with Gasteiger partial charge in [0.2, 0.25) is 10.0 Å². The number of rotatable bonds is 5. The first kappa shape index (κ1) is 16.1. The molecule has 0 bridgehead atoms. The maximum atomic E-state index is 12.1. The number of carboxylic acids is 1. The number of aryl methyl sites for hydroxylation is 1. The number of hydrogen-bond acceptors (Lipinski definition) is 4. The minimum atomic E-state index is -3.81. The molecule has 1 rings (SSSR count). The summed E-state index contributed by atoms with van der Waals surface area (Å²) < 4.78 is 26.6. The molecule has 6 nitrogen and oxygen atoms in total. The number of carboxylic acid groups (broad SMARTS) is 1. The molecule has 2 unspecified atom stereocenters. The number of nitrogens with zero attached hydrogens (tertiary/aromatic N) is 1. The molecule has 0 aromatic heterocycles. The van der Waals surface area contributed by atoms with Crippen molar-refractivity contribution in [2.75, 3.05) is 0 Å². The molecule has 0 saturated heterocycles. The van der Waals surface area contributed by atoms with Crippen molar-refractivity contribution in [2.24, 2.45) is 5.92 Å². The summed E-state index contributed by atoms with van der Waals surface area (Å²) in [5.74, 6) is -1.92. The van der Waals surface area contributed by atoms with Gasteiger partial charge in [0.05, 0.1) is 22.4 Å². The molecular weight excluding hydrogens is 280 g/mol. The molecule has 0 saturated carbocycles. The Hall–Kier alpha value is -1.91. The molecule has 2 N–H and O–H groups in total. The van der Waals surface area contributed by atoms with Crippen LogP contribution in [0.5, 0.6) is 0 Å². The summed E-state index contributed by atoms with van der Waals surface area (Å²) in [5, 5.41) is 17.7. The van der Waals surface area contributed by atoms with E-state index in [-0.39, 0.29) is 4.90 Å². The van der Waals surface area contributed by atoms with Crippen molar-refractivity contribution in [3.05, 3.63) is 29.3 Å². The minimum absolute atomic E-state index is 0.0124. The van der Waals surface area contributed by atoms with Crippen LogP contribution < -0.4 is 4.72 Å². The van der Waals surface area contributed by atoms with Gasteiger partial charge in [-0.05, 0) is 37.6 Å². The molecule has 20 heavy (non-hydrogen) atoms. The smallest absolute Gasteiger partial charge is 0.307 e. The number of hydrogen-bond donors (Lipinski definition) is 2. The first-order valence-corrected chi connectivity index (χ1v) is 7.43. The summed E-state index contributed by atoms with van der Waals surface area (Å²) in [6.45, 7) is 4.56. The number of benzene rings is 1. The molecule has 0 aliphatic heterocycles. The lowest BCUT2D eigenvalue weighted by molar-refractivity contribution is -0.141. The lowest BCUT2D eigenvalue weighted by Crippen LogP contribution is -2.40. The Labute approximate surface area is 118 Å². The number of nitriles is 1. The van der Waals surface area contributed by atoms with Gasteiger partial charge in [0, 0.05) is 6.04 Å². The van der Waals surface area contributed by atoms with Gasteiger partial charge in [-0.2, -0.15) is 5.26 Å². The molecular formula is C13H16N2O4S. The molecule has 0 spiro atoms. The van der Waals surface area contributed by atoms with Crippen molar-refractivity contribution in [1.82, 2.24) is 4.72 Å². The zero-order valence-electron chi connectivity index (χ0n) is 11.4. The van der Waals surface area contributed by atoms with Crippen LogP contribution >= 0.6 is 0 Å². The Kier molecular flexibility index (Phi) is 4.87. The van der Waals surface area contributed by atoms with E-state index in [9.17, 15) is 13.2 Å². The van der Waals surface area contributed by atoms with Crippen molar-refractivity contribution in [3.63, 3.8) is 0 Å². The van der Waals surface area contributed by atoms with Crippen LogP contribution in [-0.4, -0.2) is 25.5 Å². The summed E-state index contributed by atoms with van der Waals surface area (Å²) in [4.78, 5) is 10.8. The molecule has 0 amide bonds. The van der Waals surface area contributed by atoms with Crippen molar-refractivity contribution < 1.29 is 18.3 Å². The Bertz CT molecular complexity index is 661. The second-order valence-electron chi connectivity index (χ2n) is 4.63. The Morgan fingerprint density at radius 2 is 2.00 bits per heavy atom. The first-order chi connectivity index (χ1) is 9.19. The number of nitrogens with one attached hydrogen (secondary N) is 1. The average Bonchev–Trinajstić information content (AvgIpc) is 2.36. The Morgan fingerprint density at radius 1 is 1.40 bits per heavy atom. The highest BCUT2D eigenvalue weighted by molar-refractivity contribution is 7.89. The van der Waals surface area contributed by atoms with Crippen LogP contribution in [0.25, 0.3) is 0 Å². The van der Waals surface area contributed by atoms with Crippen molar-refractivity contribution >= 4 is 16.0 Å². The SMILES string of the molecule is Cc1cc(S(=O)(=O)NC(C)C(C)C(=O)O)ccc1C#N. The monoisotopic (exact) mass is 296 g/mol. The summed E-state index contributed by atoms with van der Waals surface area (Å²) >= 11 is 0. The third-order valence-corrected chi connectivity index (χ3v) is 4.67. The van der Waals surface area contributed by atoms with E-state index in [4.69, 9.17) is 10.4 Å². The summed E-state index contributed by atoms with van der Waals surface area (Å²) in [6.07, 6.45) is 0. The highest BCUT2D eigenvalue weighted by atomic mass is 32.2. The van der Waals surface area contributed by atoms with E-state index in [1.54, 1.807) is 6.92 Å². The highest BCUT2D eigenvalue weighted by Crippen LogP contribution is 2.16. The summed E-state index contributed by atoms with van der Waals surface area (Å²) in [6, 6.07) is 5.35. The molecule has 1 aromatic rings. The predicted octanol–water partition coefficient (Wildman–Crippen LogP) is 1.25. The van der Waals surface area contributed by atoms with Crippen LogP contribution in [0.2, 0.25) is 0 Å². The predicted molar refractivity (Wildman–Crippen MR) is 72.5 cm³/mol. The van der Waals surface area contributed by atoms with E-state index in [0.717, 1.165) is 0 Å². The van der Waals surface area contributed by atoms with E-state index in [1.165, 1.54) is 32.0 Å². The maximum absolute atomic E-state index is 12.1. The van der Waals surface area contributed by atoms with Gasteiger partial charge in [0.15, 0.2) is 0 Å². The van der Waals surface area contributed by atoms with E-state index < -0.39 is 28.0 Å². The van der Waals surface area contributed by atoms with Crippen LogP contribution in [0.4, 0.5) is 0 Å². The quantitative estimate of drug-likeness (QED) is 0.850. The first-order valence-electron chi connectivity index (χ1n) is 5.95. The van der Waals surface area contributed by atoms with Gasteiger partial charge in [0.25, 0.3) is 0 Å². The third kappa shape index (κ3) is 3.56. The lowest BCUT2D eigenvalue weighted by Gasteiger charge is -2.18. The molecule has 1 aromatic carbocycles. The van der Waals surface area contributed by atoms with E-state index in [1.807, 2.05) is 6.07 Å². The van der Waals surface area contributed by atoms with Crippen LogP contribution in [-0.2, 0) is 14.8 Å².